The Bertz CT molecular complexity index is 952. The Morgan fingerprint density at radius 1 is 1.11 bits per heavy atom. The number of rotatable bonds is 5. The molecule has 0 aliphatic rings. The number of aromatic nitrogens is 3. The highest BCUT2D eigenvalue weighted by molar-refractivity contribution is 6.34. The van der Waals surface area contributed by atoms with E-state index >= 15 is 0 Å². The molecule has 2 aromatic heterocycles. The minimum atomic E-state index is -0.338. The number of amides is 1. The molecule has 0 aliphatic carbocycles. The normalized spacial score (nSPS) is 10.5. The van der Waals surface area contributed by atoms with E-state index in [4.69, 9.17) is 11.6 Å². The number of carbonyl (C=O) groups is 1. The van der Waals surface area contributed by atoms with Gasteiger partial charge in [-0.25, -0.2) is 9.97 Å². The van der Waals surface area contributed by atoms with Gasteiger partial charge in [-0.15, -0.1) is 0 Å². The van der Waals surface area contributed by atoms with Crippen LogP contribution in [0.4, 0.5) is 11.6 Å². The predicted molar refractivity (Wildman–Crippen MR) is 107 cm³/mol. The van der Waals surface area contributed by atoms with Crippen molar-refractivity contribution in [1.82, 2.24) is 15.0 Å². The number of nitrogens with one attached hydrogen (secondary N) is 2. The van der Waals surface area contributed by atoms with Gasteiger partial charge in [-0.3, -0.25) is 9.78 Å². The predicted octanol–water partition coefficient (Wildman–Crippen LogP) is 4.31. The van der Waals surface area contributed by atoms with Crippen LogP contribution in [0.3, 0.4) is 0 Å². The minimum absolute atomic E-state index is 0.266. The maximum atomic E-state index is 12.7. The zero-order valence-electron chi connectivity index (χ0n) is 15.4. The molecule has 27 heavy (non-hydrogen) atoms. The number of hydrogen-bond acceptors (Lipinski definition) is 5. The fourth-order valence-corrected chi connectivity index (χ4v) is 3.06. The van der Waals surface area contributed by atoms with Crippen molar-refractivity contribution in [3.8, 4) is 0 Å². The van der Waals surface area contributed by atoms with Crippen LogP contribution in [0.1, 0.15) is 33.0 Å². The number of aryl methyl sites for hydroxylation is 3. The Balaban J connectivity index is 1.78. The number of anilines is 2. The van der Waals surface area contributed by atoms with Crippen LogP contribution in [0.5, 0.6) is 0 Å². The van der Waals surface area contributed by atoms with E-state index in [1.165, 1.54) is 0 Å². The van der Waals surface area contributed by atoms with Crippen molar-refractivity contribution in [2.75, 3.05) is 10.6 Å². The van der Waals surface area contributed by atoms with Gasteiger partial charge in [0.1, 0.15) is 5.69 Å². The van der Waals surface area contributed by atoms with Crippen molar-refractivity contribution >= 4 is 29.1 Å². The third kappa shape index (κ3) is 4.80. The highest BCUT2D eigenvalue weighted by Gasteiger charge is 2.14. The van der Waals surface area contributed by atoms with Gasteiger partial charge in [0.25, 0.3) is 5.91 Å². The highest BCUT2D eigenvalue weighted by atomic mass is 35.5. The molecule has 0 saturated carbocycles. The molecule has 7 heteroatoms. The Morgan fingerprint density at radius 3 is 2.63 bits per heavy atom. The van der Waals surface area contributed by atoms with Crippen molar-refractivity contribution in [3.05, 3.63) is 75.8 Å². The zero-order chi connectivity index (χ0) is 19.4. The Morgan fingerprint density at radius 2 is 1.93 bits per heavy atom. The lowest BCUT2D eigenvalue weighted by molar-refractivity contribution is 0.102. The SMILES string of the molecule is Cc1cc(C)c(NC(=O)c2cc(C)nc(NCc3ccccn3)n2)c(Cl)c1. The van der Waals surface area contributed by atoms with Crippen molar-refractivity contribution in [1.29, 1.82) is 0 Å². The first-order chi connectivity index (χ1) is 12.9. The summed E-state index contributed by atoms with van der Waals surface area (Å²) in [6, 6.07) is 11.1. The summed E-state index contributed by atoms with van der Waals surface area (Å²) in [5.74, 6) is 0.0350. The van der Waals surface area contributed by atoms with Crippen LogP contribution in [0, 0.1) is 20.8 Å². The molecule has 0 spiro atoms. The van der Waals surface area contributed by atoms with Crippen molar-refractivity contribution < 1.29 is 4.79 Å². The fourth-order valence-electron chi connectivity index (χ4n) is 2.69. The minimum Gasteiger partial charge on any atom is -0.349 e. The molecule has 0 unspecified atom stereocenters. The lowest BCUT2D eigenvalue weighted by Gasteiger charge is -2.12. The smallest absolute Gasteiger partial charge is 0.274 e. The molecule has 138 valence electrons. The van der Waals surface area contributed by atoms with Gasteiger partial charge in [0.15, 0.2) is 0 Å². The zero-order valence-corrected chi connectivity index (χ0v) is 16.1. The first-order valence-corrected chi connectivity index (χ1v) is 8.88. The number of hydrogen-bond donors (Lipinski definition) is 2. The Kier molecular flexibility index (Phi) is 5.66. The van der Waals surface area contributed by atoms with Crippen molar-refractivity contribution in [2.45, 2.75) is 27.3 Å². The number of pyridine rings is 1. The maximum Gasteiger partial charge on any atom is 0.274 e. The van der Waals surface area contributed by atoms with Crippen LogP contribution in [-0.2, 0) is 6.54 Å². The molecule has 0 saturated heterocycles. The van der Waals surface area contributed by atoms with Crippen LogP contribution < -0.4 is 10.6 Å². The van der Waals surface area contributed by atoms with E-state index in [2.05, 4.69) is 25.6 Å². The van der Waals surface area contributed by atoms with E-state index in [-0.39, 0.29) is 11.6 Å². The molecule has 3 aromatic rings. The molecule has 1 amide bonds. The van der Waals surface area contributed by atoms with Crippen molar-refractivity contribution in [3.63, 3.8) is 0 Å². The molecule has 0 radical (unpaired) electrons. The molecule has 3 rings (SSSR count). The average molecular weight is 382 g/mol. The summed E-state index contributed by atoms with van der Waals surface area (Å²) in [5.41, 5.74) is 4.33. The Hall–Kier alpha value is -2.99. The summed E-state index contributed by atoms with van der Waals surface area (Å²) in [6.45, 7) is 6.14. The molecule has 1 aromatic carbocycles. The molecule has 2 heterocycles. The average Bonchev–Trinajstić information content (AvgIpc) is 2.63. The first-order valence-electron chi connectivity index (χ1n) is 8.50. The van der Waals surface area contributed by atoms with Gasteiger partial charge in [-0.1, -0.05) is 23.7 Å². The third-order valence-electron chi connectivity index (χ3n) is 3.91. The second kappa shape index (κ2) is 8.14. The lowest BCUT2D eigenvalue weighted by Crippen LogP contribution is -2.17. The largest absolute Gasteiger partial charge is 0.349 e. The summed E-state index contributed by atoms with van der Waals surface area (Å²) < 4.78 is 0. The monoisotopic (exact) mass is 381 g/mol. The molecular formula is C20H20ClN5O. The molecule has 2 N–H and O–H groups in total. The number of benzene rings is 1. The van der Waals surface area contributed by atoms with Crippen LogP contribution in [0.15, 0.2) is 42.6 Å². The highest BCUT2D eigenvalue weighted by Crippen LogP contribution is 2.27. The number of carbonyl (C=O) groups excluding carboxylic acids is 1. The third-order valence-corrected chi connectivity index (χ3v) is 4.21. The molecule has 0 atom stereocenters. The molecule has 0 bridgehead atoms. The summed E-state index contributed by atoms with van der Waals surface area (Å²) in [6.07, 6.45) is 1.72. The van der Waals surface area contributed by atoms with E-state index in [1.807, 2.05) is 51.1 Å². The molecular weight excluding hydrogens is 362 g/mol. The van der Waals surface area contributed by atoms with Gasteiger partial charge in [0.2, 0.25) is 5.95 Å². The summed E-state index contributed by atoms with van der Waals surface area (Å²) >= 11 is 6.28. The molecule has 0 aliphatic heterocycles. The maximum absolute atomic E-state index is 12.7. The molecule has 6 nitrogen and oxygen atoms in total. The fraction of sp³-hybridized carbons (Fsp3) is 0.200. The summed E-state index contributed by atoms with van der Waals surface area (Å²) in [7, 11) is 0. The van der Waals surface area contributed by atoms with Gasteiger partial charge in [-0.05, 0) is 56.2 Å². The second-order valence-corrected chi connectivity index (χ2v) is 6.69. The van der Waals surface area contributed by atoms with Gasteiger partial charge in [0, 0.05) is 11.9 Å². The molecule has 0 fully saturated rings. The number of halogens is 1. The van der Waals surface area contributed by atoms with Crippen molar-refractivity contribution in [2.24, 2.45) is 0 Å². The van der Waals surface area contributed by atoms with Gasteiger partial charge in [-0.2, -0.15) is 0 Å². The van der Waals surface area contributed by atoms with E-state index < -0.39 is 0 Å². The quantitative estimate of drug-likeness (QED) is 0.688. The summed E-state index contributed by atoms with van der Waals surface area (Å²) in [4.78, 5) is 25.6. The first kappa shape index (κ1) is 18.8. The van der Waals surface area contributed by atoms with Gasteiger partial charge < -0.3 is 10.6 Å². The topological polar surface area (TPSA) is 79.8 Å². The van der Waals surface area contributed by atoms with E-state index in [1.54, 1.807) is 12.3 Å². The van der Waals surface area contributed by atoms with E-state index in [0.717, 1.165) is 16.8 Å². The Labute approximate surface area is 163 Å². The van der Waals surface area contributed by atoms with Gasteiger partial charge in [0.05, 0.1) is 22.9 Å². The van der Waals surface area contributed by atoms with Crippen LogP contribution >= 0.6 is 11.6 Å². The van der Waals surface area contributed by atoms with Crippen LogP contribution in [-0.4, -0.2) is 20.9 Å². The standard InChI is InChI=1S/C20H20ClN5O/c1-12-8-13(2)18(16(21)9-12)26-19(27)17-10-14(3)24-20(25-17)23-11-15-6-4-5-7-22-15/h4-10H,11H2,1-3H3,(H,26,27)(H,23,24,25). The summed E-state index contributed by atoms with van der Waals surface area (Å²) in [5, 5.41) is 6.45. The van der Waals surface area contributed by atoms with Crippen LogP contribution in [0.2, 0.25) is 5.02 Å². The van der Waals surface area contributed by atoms with Gasteiger partial charge >= 0.3 is 0 Å². The number of nitrogens with zero attached hydrogens (tertiary/aromatic N) is 3. The van der Waals surface area contributed by atoms with Crippen LogP contribution in [0.25, 0.3) is 0 Å². The second-order valence-electron chi connectivity index (χ2n) is 6.29. The van der Waals surface area contributed by atoms with E-state index in [9.17, 15) is 4.79 Å². The lowest BCUT2D eigenvalue weighted by atomic mass is 10.1. The van der Waals surface area contributed by atoms with E-state index in [0.29, 0.717) is 28.9 Å².